The minimum atomic E-state index is -4.44. The Morgan fingerprint density at radius 2 is 2.07 bits per heavy atom. The lowest BCUT2D eigenvalue weighted by atomic mass is 10.2. The highest BCUT2D eigenvalue weighted by molar-refractivity contribution is 5.92. The number of carbonyl (C=O) groups is 1. The number of hydrogen-bond acceptors (Lipinski definition) is 4. The highest BCUT2D eigenvalue weighted by Crippen LogP contribution is 2.31. The van der Waals surface area contributed by atoms with Crippen LogP contribution in [0.25, 0.3) is 0 Å². The average molecular weight is 407 g/mol. The molecule has 3 rings (SSSR count). The SMILES string of the molecule is Cc1cnn(CCCNC(=O)c2ccn(COc3cccc(C(F)(F)F)c3)n2)c1. The zero-order valence-corrected chi connectivity index (χ0v) is 15.7. The lowest BCUT2D eigenvalue weighted by molar-refractivity contribution is -0.137. The molecule has 0 aliphatic heterocycles. The van der Waals surface area contributed by atoms with Crippen LogP contribution < -0.4 is 10.1 Å². The van der Waals surface area contributed by atoms with Gasteiger partial charge in [-0.2, -0.15) is 23.4 Å². The van der Waals surface area contributed by atoms with E-state index >= 15 is 0 Å². The predicted octanol–water partition coefficient (Wildman–Crippen LogP) is 3.26. The second-order valence-corrected chi connectivity index (χ2v) is 6.43. The standard InChI is InChI=1S/C19H20F3N5O2/c1-14-11-24-26(12-14)8-3-7-23-18(28)17-6-9-27(25-17)13-29-16-5-2-4-15(10-16)19(20,21)22/h2,4-6,9-12H,3,7-8,13H2,1H3,(H,23,28). The summed E-state index contributed by atoms with van der Waals surface area (Å²) in [5, 5.41) is 11.0. The van der Waals surface area contributed by atoms with E-state index in [9.17, 15) is 18.0 Å². The Balaban J connectivity index is 1.45. The Bertz CT molecular complexity index is 965. The topological polar surface area (TPSA) is 74.0 Å². The third kappa shape index (κ3) is 5.84. The first kappa shape index (κ1) is 20.4. The molecule has 2 aromatic heterocycles. The Morgan fingerprint density at radius 3 is 2.79 bits per heavy atom. The monoisotopic (exact) mass is 407 g/mol. The summed E-state index contributed by atoms with van der Waals surface area (Å²) >= 11 is 0. The summed E-state index contributed by atoms with van der Waals surface area (Å²) in [4.78, 5) is 12.1. The summed E-state index contributed by atoms with van der Waals surface area (Å²) in [6.07, 6.45) is 1.49. The maximum atomic E-state index is 12.7. The van der Waals surface area contributed by atoms with Crippen LogP contribution in [0, 0.1) is 6.92 Å². The van der Waals surface area contributed by atoms with Gasteiger partial charge in [-0.15, -0.1) is 0 Å². The number of aromatic nitrogens is 4. The fourth-order valence-corrected chi connectivity index (χ4v) is 2.58. The molecule has 0 aliphatic carbocycles. The minimum Gasteiger partial charge on any atom is -0.471 e. The lowest BCUT2D eigenvalue weighted by Crippen LogP contribution is -2.26. The normalized spacial score (nSPS) is 11.4. The first-order valence-electron chi connectivity index (χ1n) is 8.92. The van der Waals surface area contributed by atoms with E-state index in [1.807, 2.05) is 13.1 Å². The maximum absolute atomic E-state index is 12.7. The number of ether oxygens (including phenoxy) is 1. The molecular formula is C19H20F3N5O2. The van der Waals surface area contributed by atoms with Gasteiger partial charge in [0.15, 0.2) is 6.73 Å². The summed E-state index contributed by atoms with van der Waals surface area (Å²) in [6.45, 7) is 2.99. The average Bonchev–Trinajstić information content (AvgIpc) is 3.32. The van der Waals surface area contributed by atoms with Crippen molar-refractivity contribution in [3.05, 3.63) is 65.7 Å². The van der Waals surface area contributed by atoms with E-state index < -0.39 is 11.7 Å². The molecule has 0 aliphatic rings. The van der Waals surface area contributed by atoms with Crippen molar-refractivity contribution in [2.24, 2.45) is 0 Å². The molecule has 0 saturated heterocycles. The van der Waals surface area contributed by atoms with E-state index in [2.05, 4.69) is 15.5 Å². The van der Waals surface area contributed by atoms with Crippen molar-refractivity contribution in [1.29, 1.82) is 0 Å². The number of benzene rings is 1. The van der Waals surface area contributed by atoms with Gasteiger partial charge in [-0.05, 0) is 43.2 Å². The molecule has 29 heavy (non-hydrogen) atoms. The van der Waals surface area contributed by atoms with Gasteiger partial charge in [0.25, 0.3) is 5.91 Å². The second-order valence-electron chi connectivity index (χ2n) is 6.43. The fraction of sp³-hybridized carbons (Fsp3) is 0.316. The van der Waals surface area contributed by atoms with Crippen LogP contribution in [0.4, 0.5) is 13.2 Å². The van der Waals surface area contributed by atoms with Crippen LogP contribution in [0.3, 0.4) is 0 Å². The van der Waals surface area contributed by atoms with Crippen LogP contribution in [-0.2, 0) is 19.5 Å². The number of hydrogen-bond donors (Lipinski definition) is 1. The molecular weight excluding hydrogens is 387 g/mol. The number of nitrogens with one attached hydrogen (secondary N) is 1. The van der Waals surface area contributed by atoms with Gasteiger partial charge in [-0.3, -0.25) is 9.48 Å². The summed E-state index contributed by atoms with van der Waals surface area (Å²) in [7, 11) is 0. The van der Waals surface area contributed by atoms with E-state index in [1.165, 1.54) is 29.1 Å². The molecule has 1 amide bonds. The van der Waals surface area contributed by atoms with Crippen molar-refractivity contribution in [3.63, 3.8) is 0 Å². The Hall–Kier alpha value is -3.30. The molecule has 154 valence electrons. The van der Waals surface area contributed by atoms with Crippen molar-refractivity contribution in [3.8, 4) is 5.75 Å². The van der Waals surface area contributed by atoms with Gasteiger partial charge in [0, 0.05) is 25.5 Å². The molecule has 1 aromatic carbocycles. The summed E-state index contributed by atoms with van der Waals surface area (Å²) in [5.74, 6) is -0.269. The van der Waals surface area contributed by atoms with Crippen LogP contribution in [-0.4, -0.2) is 32.0 Å². The van der Waals surface area contributed by atoms with Crippen molar-refractivity contribution >= 4 is 5.91 Å². The molecule has 2 heterocycles. The Morgan fingerprint density at radius 1 is 1.24 bits per heavy atom. The van der Waals surface area contributed by atoms with Gasteiger partial charge >= 0.3 is 6.18 Å². The van der Waals surface area contributed by atoms with Gasteiger partial charge in [-0.25, -0.2) is 4.68 Å². The number of rotatable bonds is 8. The van der Waals surface area contributed by atoms with Crippen molar-refractivity contribution in [2.75, 3.05) is 6.54 Å². The first-order valence-corrected chi connectivity index (χ1v) is 8.92. The lowest BCUT2D eigenvalue weighted by Gasteiger charge is -2.10. The Labute approximate surface area is 165 Å². The number of halogens is 3. The molecule has 0 spiro atoms. The molecule has 0 saturated carbocycles. The third-order valence-electron chi connectivity index (χ3n) is 4.01. The van der Waals surface area contributed by atoms with Crippen molar-refractivity contribution < 1.29 is 22.7 Å². The summed E-state index contributed by atoms with van der Waals surface area (Å²) in [6, 6.07) is 6.09. The largest absolute Gasteiger partial charge is 0.471 e. The smallest absolute Gasteiger partial charge is 0.416 e. The van der Waals surface area contributed by atoms with Gasteiger partial charge < -0.3 is 10.1 Å². The summed E-state index contributed by atoms with van der Waals surface area (Å²) in [5.41, 5.74) is 0.486. The number of amides is 1. The van der Waals surface area contributed by atoms with E-state index in [0.29, 0.717) is 19.5 Å². The zero-order valence-electron chi connectivity index (χ0n) is 15.7. The maximum Gasteiger partial charge on any atom is 0.416 e. The van der Waals surface area contributed by atoms with E-state index in [0.717, 1.165) is 17.7 Å². The fourth-order valence-electron chi connectivity index (χ4n) is 2.58. The Kier molecular flexibility index (Phi) is 6.20. The van der Waals surface area contributed by atoms with Gasteiger partial charge in [0.2, 0.25) is 0 Å². The van der Waals surface area contributed by atoms with Crippen molar-refractivity contribution in [1.82, 2.24) is 24.9 Å². The molecule has 0 fully saturated rings. The number of nitrogens with zero attached hydrogens (tertiary/aromatic N) is 4. The van der Waals surface area contributed by atoms with Crippen LogP contribution in [0.15, 0.2) is 48.9 Å². The molecule has 0 bridgehead atoms. The highest BCUT2D eigenvalue weighted by Gasteiger charge is 2.30. The number of aryl methyl sites for hydroxylation is 2. The third-order valence-corrected chi connectivity index (χ3v) is 4.01. The molecule has 3 aromatic rings. The van der Waals surface area contributed by atoms with Crippen LogP contribution in [0.2, 0.25) is 0 Å². The second kappa shape index (κ2) is 8.80. The molecule has 0 unspecified atom stereocenters. The van der Waals surface area contributed by atoms with Crippen LogP contribution >= 0.6 is 0 Å². The van der Waals surface area contributed by atoms with Gasteiger partial charge in [0.1, 0.15) is 11.4 Å². The summed E-state index contributed by atoms with van der Waals surface area (Å²) < 4.78 is 46.6. The molecule has 10 heteroatoms. The first-order chi connectivity index (χ1) is 13.8. The van der Waals surface area contributed by atoms with E-state index in [1.54, 1.807) is 10.9 Å². The number of carbonyl (C=O) groups excluding carboxylic acids is 1. The molecule has 0 atom stereocenters. The quantitative estimate of drug-likeness (QED) is 0.582. The van der Waals surface area contributed by atoms with Crippen LogP contribution in [0.1, 0.15) is 28.0 Å². The van der Waals surface area contributed by atoms with Crippen LogP contribution in [0.5, 0.6) is 5.75 Å². The predicted molar refractivity (Wildman–Crippen MR) is 98.2 cm³/mol. The van der Waals surface area contributed by atoms with Gasteiger partial charge in [0.05, 0.1) is 11.8 Å². The molecule has 0 radical (unpaired) electrons. The van der Waals surface area contributed by atoms with E-state index in [4.69, 9.17) is 4.74 Å². The zero-order chi connectivity index (χ0) is 20.9. The highest BCUT2D eigenvalue weighted by atomic mass is 19.4. The van der Waals surface area contributed by atoms with E-state index in [-0.39, 0.29) is 24.1 Å². The minimum absolute atomic E-state index is 0.0650. The molecule has 7 nitrogen and oxygen atoms in total. The number of alkyl halides is 3. The molecule has 1 N–H and O–H groups in total. The van der Waals surface area contributed by atoms with Crippen molar-refractivity contribution in [2.45, 2.75) is 32.8 Å². The van der Waals surface area contributed by atoms with Gasteiger partial charge in [-0.1, -0.05) is 6.07 Å².